The van der Waals surface area contributed by atoms with Crippen LogP contribution in [0.15, 0.2) is 46.7 Å². The van der Waals surface area contributed by atoms with Crippen molar-refractivity contribution >= 4 is 21.4 Å². The van der Waals surface area contributed by atoms with Gasteiger partial charge in [-0.3, -0.25) is 0 Å². The molecule has 0 saturated heterocycles. The Morgan fingerprint density at radius 3 is 2.68 bits per heavy atom. The number of nitrogens with zero attached hydrogens (tertiary/aromatic N) is 1. The number of aromatic hydroxyl groups is 1. The fourth-order valence-corrected chi connectivity index (χ4v) is 3.58. The Balaban J connectivity index is 2.11. The highest BCUT2D eigenvalue weighted by Crippen LogP contribution is 2.19. The summed E-state index contributed by atoms with van der Waals surface area (Å²) in [6, 6.07) is 9.65. The van der Waals surface area contributed by atoms with Crippen molar-refractivity contribution in [3.05, 3.63) is 46.7 Å². The van der Waals surface area contributed by atoms with Gasteiger partial charge in [0.2, 0.25) is 10.0 Å². The highest BCUT2D eigenvalue weighted by Gasteiger charge is 2.20. The van der Waals surface area contributed by atoms with E-state index in [0.29, 0.717) is 13.0 Å². The van der Waals surface area contributed by atoms with Crippen LogP contribution in [0.1, 0.15) is 4.88 Å². The molecular weight excluding hydrogens is 282 g/mol. The Morgan fingerprint density at radius 1 is 1.26 bits per heavy atom. The predicted molar refractivity (Wildman–Crippen MR) is 75.9 cm³/mol. The monoisotopic (exact) mass is 297 g/mol. The second-order valence-electron chi connectivity index (χ2n) is 4.15. The summed E-state index contributed by atoms with van der Waals surface area (Å²) in [6.07, 6.45) is 0.687. The molecule has 0 fully saturated rings. The summed E-state index contributed by atoms with van der Waals surface area (Å²) in [6.45, 7) is 0.415. The molecule has 4 nitrogen and oxygen atoms in total. The molecule has 1 aromatic heterocycles. The molecule has 0 atom stereocenters. The Kier molecular flexibility index (Phi) is 4.24. The van der Waals surface area contributed by atoms with Crippen molar-refractivity contribution in [2.75, 3.05) is 13.6 Å². The molecule has 0 aliphatic heterocycles. The minimum Gasteiger partial charge on any atom is -0.508 e. The third kappa shape index (κ3) is 3.34. The van der Waals surface area contributed by atoms with Crippen LogP contribution in [0.5, 0.6) is 5.75 Å². The maximum Gasteiger partial charge on any atom is 0.242 e. The van der Waals surface area contributed by atoms with Crippen LogP contribution < -0.4 is 0 Å². The zero-order valence-electron chi connectivity index (χ0n) is 10.5. The Hall–Kier alpha value is -1.37. The molecule has 0 spiro atoms. The van der Waals surface area contributed by atoms with E-state index < -0.39 is 10.0 Å². The summed E-state index contributed by atoms with van der Waals surface area (Å²) in [5, 5.41) is 11.3. The summed E-state index contributed by atoms with van der Waals surface area (Å²) in [5.41, 5.74) is 0. The van der Waals surface area contributed by atoms with E-state index in [4.69, 9.17) is 0 Å². The molecule has 1 heterocycles. The third-order valence-corrected chi connectivity index (χ3v) is 5.57. The molecule has 0 radical (unpaired) electrons. The molecule has 102 valence electrons. The quantitative estimate of drug-likeness (QED) is 0.921. The number of sulfonamides is 1. The first kappa shape index (κ1) is 14.0. The molecule has 6 heteroatoms. The maximum atomic E-state index is 12.3. The molecule has 0 unspecified atom stereocenters. The van der Waals surface area contributed by atoms with Crippen LogP contribution >= 0.6 is 11.3 Å². The first-order valence-corrected chi connectivity index (χ1v) is 8.10. The van der Waals surface area contributed by atoms with E-state index in [1.54, 1.807) is 18.4 Å². The number of phenolic OH excluding ortho intramolecular Hbond substituents is 1. The van der Waals surface area contributed by atoms with Crippen molar-refractivity contribution in [3.8, 4) is 5.75 Å². The van der Waals surface area contributed by atoms with Crippen molar-refractivity contribution in [2.24, 2.45) is 0 Å². The molecule has 19 heavy (non-hydrogen) atoms. The summed E-state index contributed by atoms with van der Waals surface area (Å²) in [4.78, 5) is 1.26. The van der Waals surface area contributed by atoms with Crippen molar-refractivity contribution < 1.29 is 13.5 Å². The van der Waals surface area contributed by atoms with Gasteiger partial charge >= 0.3 is 0 Å². The lowest BCUT2D eigenvalue weighted by Gasteiger charge is -2.16. The van der Waals surface area contributed by atoms with E-state index in [-0.39, 0.29) is 10.6 Å². The van der Waals surface area contributed by atoms with E-state index >= 15 is 0 Å². The van der Waals surface area contributed by atoms with Crippen LogP contribution in [0.3, 0.4) is 0 Å². The lowest BCUT2D eigenvalue weighted by Crippen LogP contribution is -2.28. The maximum absolute atomic E-state index is 12.3. The number of hydrogen-bond donors (Lipinski definition) is 1. The van der Waals surface area contributed by atoms with Crippen LogP contribution in [0, 0.1) is 0 Å². The highest BCUT2D eigenvalue weighted by molar-refractivity contribution is 7.89. The van der Waals surface area contributed by atoms with Gasteiger partial charge in [-0.1, -0.05) is 12.1 Å². The summed E-state index contributed by atoms with van der Waals surface area (Å²) < 4.78 is 25.8. The van der Waals surface area contributed by atoms with Crippen molar-refractivity contribution in [2.45, 2.75) is 11.3 Å². The molecule has 0 saturated carbocycles. The largest absolute Gasteiger partial charge is 0.508 e. The zero-order chi connectivity index (χ0) is 13.9. The normalized spacial score (nSPS) is 11.9. The van der Waals surface area contributed by atoms with Crippen molar-refractivity contribution in [1.82, 2.24) is 4.31 Å². The molecule has 0 aliphatic rings. The first-order valence-electron chi connectivity index (χ1n) is 5.78. The van der Waals surface area contributed by atoms with E-state index in [1.165, 1.54) is 28.6 Å². The predicted octanol–water partition coefficient (Wildman–Crippen LogP) is 2.32. The Labute approximate surface area is 117 Å². The van der Waals surface area contributed by atoms with Gasteiger partial charge in [0.1, 0.15) is 5.75 Å². The summed E-state index contributed by atoms with van der Waals surface area (Å²) >= 11 is 1.61. The number of benzene rings is 1. The van der Waals surface area contributed by atoms with Gasteiger partial charge in [0.05, 0.1) is 4.90 Å². The zero-order valence-corrected chi connectivity index (χ0v) is 12.1. The van der Waals surface area contributed by atoms with Crippen LogP contribution in [-0.4, -0.2) is 31.4 Å². The van der Waals surface area contributed by atoms with Gasteiger partial charge in [-0.05, 0) is 36.1 Å². The molecule has 0 amide bonds. The highest BCUT2D eigenvalue weighted by atomic mass is 32.2. The summed E-state index contributed by atoms with van der Waals surface area (Å²) in [7, 11) is -1.99. The first-order chi connectivity index (χ1) is 9.00. The van der Waals surface area contributed by atoms with Crippen LogP contribution in [-0.2, 0) is 16.4 Å². The van der Waals surface area contributed by atoms with Crippen LogP contribution in [0.25, 0.3) is 0 Å². The van der Waals surface area contributed by atoms with Gasteiger partial charge in [0.25, 0.3) is 0 Å². The van der Waals surface area contributed by atoms with E-state index in [9.17, 15) is 13.5 Å². The van der Waals surface area contributed by atoms with Gasteiger partial charge in [-0.25, -0.2) is 12.7 Å². The molecule has 1 aromatic carbocycles. The SMILES string of the molecule is CN(CCc1cccs1)S(=O)(=O)c1cccc(O)c1. The Morgan fingerprint density at radius 2 is 2.05 bits per heavy atom. The average Bonchev–Trinajstić information content (AvgIpc) is 2.89. The fraction of sp³-hybridized carbons (Fsp3) is 0.231. The minimum atomic E-state index is -3.54. The minimum absolute atomic E-state index is 0.0484. The standard InChI is InChI=1S/C13H15NO3S2/c1-14(8-7-12-5-3-9-18-12)19(16,17)13-6-2-4-11(15)10-13/h2-6,9-10,15H,7-8H2,1H3. The molecule has 1 N–H and O–H groups in total. The van der Waals surface area contributed by atoms with Crippen molar-refractivity contribution in [1.29, 1.82) is 0 Å². The fourth-order valence-electron chi connectivity index (χ4n) is 1.67. The molecular formula is C13H15NO3S2. The second kappa shape index (κ2) is 5.73. The third-order valence-electron chi connectivity index (χ3n) is 2.78. The number of rotatable bonds is 5. The summed E-state index contributed by atoms with van der Waals surface area (Å²) in [5.74, 6) is -0.0484. The van der Waals surface area contributed by atoms with Gasteiger partial charge in [-0.2, -0.15) is 0 Å². The number of thiophene rings is 1. The molecule has 0 aliphatic carbocycles. The van der Waals surface area contributed by atoms with Gasteiger partial charge < -0.3 is 5.11 Å². The van der Waals surface area contributed by atoms with E-state index in [0.717, 1.165) is 4.88 Å². The van der Waals surface area contributed by atoms with Gasteiger partial charge in [-0.15, -0.1) is 11.3 Å². The number of phenols is 1. The second-order valence-corrected chi connectivity index (χ2v) is 7.23. The van der Waals surface area contributed by atoms with Gasteiger partial charge in [0.15, 0.2) is 0 Å². The van der Waals surface area contributed by atoms with E-state index in [2.05, 4.69) is 0 Å². The van der Waals surface area contributed by atoms with Crippen LogP contribution in [0.2, 0.25) is 0 Å². The molecule has 0 bridgehead atoms. The topological polar surface area (TPSA) is 57.6 Å². The number of hydrogen-bond acceptors (Lipinski definition) is 4. The Bertz CT molecular complexity index is 636. The average molecular weight is 297 g/mol. The lowest BCUT2D eigenvalue weighted by atomic mass is 10.3. The lowest BCUT2D eigenvalue weighted by molar-refractivity contribution is 0.464. The van der Waals surface area contributed by atoms with E-state index in [1.807, 2.05) is 17.5 Å². The smallest absolute Gasteiger partial charge is 0.242 e. The van der Waals surface area contributed by atoms with Crippen molar-refractivity contribution in [3.63, 3.8) is 0 Å². The molecule has 2 aromatic rings. The van der Waals surface area contributed by atoms with Crippen LogP contribution in [0.4, 0.5) is 0 Å². The molecule has 2 rings (SSSR count). The number of likely N-dealkylation sites (N-methyl/N-ethyl adjacent to an activating group) is 1. The van der Waals surface area contributed by atoms with Gasteiger partial charge in [0, 0.05) is 18.5 Å².